The molecule has 4 nitrogen and oxygen atoms in total. The molecule has 0 unspecified atom stereocenters. The Hall–Kier alpha value is -0.740. The van der Waals surface area contributed by atoms with Crippen LogP contribution in [0, 0.1) is 40.4 Å². The van der Waals surface area contributed by atoms with Crippen LogP contribution in [0.4, 0.5) is 0 Å². The highest BCUT2D eigenvalue weighted by molar-refractivity contribution is 5.90. The van der Waals surface area contributed by atoms with Crippen LogP contribution in [-0.4, -0.2) is 34.0 Å². The molecule has 0 spiro atoms. The summed E-state index contributed by atoms with van der Waals surface area (Å²) >= 11 is 0. The van der Waals surface area contributed by atoms with Crippen LogP contribution >= 0.6 is 0 Å². The molecule has 0 amide bonds. The zero-order chi connectivity index (χ0) is 18.9. The number of hydrogen-bond acceptors (Lipinski definition) is 4. The van der Waals surface area contributed by atoms with Crippen LogP contribution in [-0.2, 0) is 9.59 Å². The second-order valence-corrected chi connectivity index (χ2v) is 10.3. The summed E-state index contributed by atoms with van der Waals surface area (Å²) < 4.78 is 0. The molecular formula is C22H34O4. The first-order valence-corrected chi connectivity index (χ1v) is 10.6. The molecule has 4 rings (SSSR count). The van der Waals surface area contributed by atoms with Gasteiger partial charge in [0.15, 0.2) is 5.78 Å². The number of fused-ring (bicyclic) bond motifs is 5. The highest BCUT2D eigenvalue weighted by Crippen LogP contribution is 2.69. The van der Waals surface area contributed by atoms with E-state index in [9.17, 15) is 19.8 Å². The Balaban J connectivity index is 1.68. The van der Waals surface area contributed by atoms with Gasteiger partial charge in [0.2, 0.25) is 0 Å². The van der Waals surface area contributed by atoms with Crippen LogP contribution in [0.5, 0.6) is 0 Å². The topological polar surface area (TPSA) is 74.6 Å². The zero-order valence-corrected chi connectivity index (χ0v) is 16.5. The standard InChI is InChI=1S/C22H34O4/c1-13-10-18-16-5-4-14-11-15(24)6-8-20(14,2)17(16)7-9-21(18,3)22(13,26)19(25)12-23/h13-14,16-18,23,26H,4-12H2,1-3H3/t13-,14+,16-,17+,18+,20+,21+,22+/m1/s1. The van der Waals surface area contributed by atoms with E-state index in [4.69, 9.17) is 0 Å². The maximum atomic E-state index is 12.6. The maximum absolute atomic E-state index is 12.6. The van der Waals surface area contributed by atoms with Gasteiger partial charge in [-0.25, -0.2) is 0 Å². The van der Waals surface area contributed by atoms with Crippen LogP contribution in [0.15, 0.2) is 0 Å². The number of ketones is 2. The lowest BCUT2D eigenvalue weighted by Gasteiger charge is -2.60. The highest BCUT2D eigenvalue weighted by atomic mass is 16.3. The lowest BCUT2D eigenvalue weighted by atomic mass is 9.44. The van der Waals surface area contributed by atoms with Crippen LogP contribution in [0.25, 0.3) is 0 Å². The largest absolute Gasteiger partial charge is 0.388 e. The molecule has 0 saturated heterocycles. The summed E-state index contributed by atoms with van der Waals surface area (Å²) in [6.45, 7) is 5.93. The van der Waals surface area contributed by atoms with E-state index in [2.05, 4.69) is 13.8 Å². The Labute approximate surface area is 156 Å². The molecule has 4 aliphatic carbocycles. The predicted octanol–water partition coefficient (Wildman–Crippen LogP) is 3.14. The molecular weight excluding hydrogens is 328 g/mol. The smallest absolute Gasteiger partial charge is 0.190 e. The van der Waals surface area contributed by atoms with Gasteiger partial charge in [-0.05, 0) is 73.5 Å². The first-order valence-electron chi connectivity index (χ1n) is 10.6. The summed E-state index contributed by atoms with van der Waals surface area (Å²) in [5.41, 5.74) is -1.58. The molecule has 0 aromatic carbocycles. The van der Waals surface area contributed by atoms with Crippen molar-refractivity contribution in [1.82, 2.24) is 0 Å². The number of Topliss-reactive ketones (excluding diaryl/α,β-unsaturated/α-hetero) is 2. The van der Waals surface area contributed by atoms with Crippen molar-refractivity contribution in [2.45, 2.75) is 77.7 Å². The van der Waals surface area contributed by atoms with Crippen molar-refractivity contribution in [2.24, 2.45) is 40.4 Å². The molecule has 26 heavy (non-hydrogen) atoms. The van der Waals surface area contributed by atoms with Crippen molar-refractivity contribution in [1.29, 1.82) is 0 Å². The Morgan fingerprint density at radius 1 is 1.15 bits per heavy atom. The van der Waals surface area contributed by atoms with Gasteiger partial charge in [0.05, 0.1) is 0 Å². The summed E-state index contributed by atoms with van der Waals surface area (Å²) in [6.07, 6.45) is 7.47. The summed E-state index contributed by atoms with van der Waals surface area (Å²) in [4.78, 5) is 24.6. The van der Waals surface area contributed by atoms with Crippen molar-refractivity contribution in [3.8, 4) is 0 Å². The molecule has 4 saturated carbocycles. The summed E-state index contributed by atoms with van der Waals surface area (Å²) in [7, 11) is 0. The fraction of sp³-hybridized carbons (Fsp3) is 0.909. The van der Waals surface area contributed by atoms with Gasteiger partial charge in [0, 0.05) is 18.3 Å². The van der Waals surface area contributed by atoms with E-state index in [0.29, 0.717) is 29.5 Å². The third-order valence-corrected chi connectivity index (χ3v) is 9.63. The Morgan fingerprint density at radius 3 is 2.58 bits per heavy atom. The Bertz CT molecular complexity index is 630. The van der Waals surface area contributed by atoms with Crippen molar-refractivity contribution >= 4 is 11.6 Å². The van der Waals surface area contributed by atoms with E-state index in [0.717, 1.165) is 51.4 Å². The molecule has 2 N–H and O–H groups in total. The lowest BCUT2D eigenvalue weighted by Crippen LogP contribution is -2.60. The Kier molecular flexibility index (Phi) is 4.21. The molecule has 4 aliphatic rings. The van der Waals surface area contributed by atoms with Gasteiger partial charge in [-0.2, -0.15) is 0 Å². The van der Waals surface area contributed by atoms with Gasteiger partial charge in [-0.1, -0.05) is 20.8 Å². The van der Waals surface area contributed by atoms with Gasteiger partial charge in [0.1, 0.15) is 18.0 Å². The molecule has 8 atom stereocenters. The summed E-state index contributed by atoms with van der Waals surface area (Å²) in [5.74, 6) is 1.94. The quantitative estimate of drug-likeness (QED) is 0.791. The van der Waals surface area contributed by atoms with E-state index in [1.807, 2.05) is 6.92 Å². The molecule has 0 aliphatic heterocycles. The predicted molar refractivity (Wildman–Crippen MR) is 98.3 cm³/mol. The van der Waals surface area contributed by atoms with Gasteiger partial charge < -0.3 is 10.2 Å². The minimum atomic E-state index is -1.39. The van der Waals surface area contributed by atoms with E-state index >= 15 is 0 Å². The van der Waals surface area contributed by atoms with E-state index in [1.165, 1.54) is 0 Å². The molecule has 4 fully saturated rings. The number of hydrogen-bond donors (Lipinski definition) is 2. The van der Waals surface area contributed by atoms with E-state index in [-0.39, 0.29) is 11.3 Å². The van der Waals surface area contributed by atoms with Gasteiger partial charge >= 0.3 is 0 Å². The first-order chi connectivity index (χ1) is 12.2. The van der Waals surface area contributed by atoms with Gasteiger partial charge in [-0.15, -0.1) is 0 Å². The zero-order valence-electron chi connectivity index (χ0n) is 16.5. The molecule has 0 heterocycles. The number of carbonyl (C=O) groups excluding carboxylic acids is 2. The summed E-state index contributed by atoms with van der Waals surface area (Å²) in [5, 5.41) is 20.9. The normalized spacial score (nSPS) is 53.6. The third kappa shape index (κ3) is 2.15. The van der Waals surface area contributed by atoms with Gasteiger partial charge in [0.25, 0.3) is 0 Å². The number of aliphatic hydroxyl groups excluding tert-OH is 1. The van der Waals surface area contributed by atoms with Gasteiger partial charge in [-0.3, -0.25) is 9.59 Å². The minimum absolute atomic E-state index is 0.102. The molecule has 0 aromatic rings. The average Bonchev–Trinajstić information content (AvgIpc) is 2.83. The van der Waals surface area contributed by atoms with Crippen LogP contribution in [0.2, 0.25) is 0 Å². The van der Waals surface area contributed by atoms with Crippen molar-refractivity contribution in [2.75, 3.05) is 6.61 Å². The van der Waals surface area contributed by atoms with E-state index in [1.54, 1.807) is 0 Å². The number of carbonyl (C=O) groups is 2. The number of aliphatic hydroxyl groups is 2. The first kappa shape index (κ1) is 18.6. The molecule has 4 heteroatoms. The second kappa shape index (κ2) is 5.88. The number of rotatable bonds is 2. The third-order valence-electron chi connectivity index (χ3n) is 9.63. The van der Waals surface area contributed by atoms with Crippen molar-refractivity contribution in [3.05, 3.63) is 0 Å². The van der Waals surface area contributed by atoms with Crippen LogP contribution < -0.4 is 0 Å². The van der Waals surface area contributed by atoms with Crippen molar-refractivity contribution < 1.29 is 19.8 Å². The highest BCUT2D eigenvalue weighted by Gasteiger charge is 2.68. The second-order valence-electron chi connectivity index (χ2n) is 10.3. The van der Waals surface area contributed by atoms with Crippen LogP contribution in [0.3, 0.4) is 0 Å². The molecule has 0 bridgehead atoms. The molecule has 0 aromatic heterocycles. The summed E-state index contributed by atoms with van der Waals surface area (Å²) in [6, 6.07) is 0. The van der Waals surface area contributed by atoms with Crippen molar-refractivity contribution in [3.63, 3.8) is 0 Å². The maximum Gasteiger partial charge on any atom is 0.190 e. The molecule has 146 valence electrons. The minimum Gasteiger partial charge on any atom is -0.388 e. The molecule has 0 radical (unpaired) electrons. The van der Waals surface area contributed by atoms with Crippen LogP contribution in [0.1, 0.15) is 72.1 Å². The fourth-order valence-corrected chi connectivity index (χ4v) is 8.10. The SMILES string of the molecule is C[C@@H]1C[C@H]2[C@@H]3CC[C@H]4CC(=O)CC[C@]4(C)[C@H]3CC[C@]2(C)[C@@]1(O)C(=O)CO. The fourth-order valence-electron chi connectivity index (χ4n) is 8.10. The Morgan fingerprint density at radius 2 is 1.88 bits per heavy atom. The average molecular weight is 363 g/mol. The van der Waals surface area contributed by atoms with E-state index < -0.39 is 23.4 Å². The lowest BCUT2D eigenvalue weighted by molar-refractivity contribution is -0.177. The monoisotopic (exact) mass is 362 g/mol.